The topological polar surface area (TPSA) is 46.3 Å². The molecule has 4 nitrogen and oxygen atoms in total. The molecule has 0 saturated carbocycles. The Hall–Kier alpha value is -2.54. The van der Waals surface area contributed by atoms with E-state index in [0.29, 0.717) is 18.8 Å². The van der Waals surface area contributed by atoms with Crippen LogP contribution in [0.1, 0.15) is 10.6 Å². The van der Waals surface area contributed by atoms with E-state index in [1.165, 1.54) is 0 Å². The summed E-state index contributed by atoms with van der Waals surface area (Å²) >= 11 is 0. The Morgan fingerprint density at radius 2 is 2.11 bits per heavy atom. The van der Waals surface area contributed by atoms with Gasteiger partial charge < -0.3 is 9.42 Å². The first-order valence-electron chi connectivity index (χ1n) is 6.05. The van der Waals surface area contributed by atoms with Crippen LogP contribution in [0.3, 0.4) is 0 Å². The number of carbonyl (C=O) groups is 1. The van der Waals surface area contributed by atoms with Crippen molar-refractivity contribution >= 4 is 5.91 Å². The summed E-state index contributed by atoms with van der Waals surface area (Å²) in [5.74, 6) is 2.90. The lowest BCUT2D eigenvalue weighted by atomic mass is 10.0. The predicted molar refractivity (Wildman–Crippen MR) is 70.2 cm³/mol. The quantitative estimate of drug-likeness (QED) is 0.768. The minimum absolute atomic E-state index is 0.152. The van der Waals surface area contributed by atoms with Crippen molar-refractivity contribution in [2.75, 3.05) is 13.1 Å². The van der Waals surface area contributed by atoms with Gasteiger partial charge in [-0.3, -0.25) is 4.79 Å². The molecule has 1 saturated heterocycles. The van der Waals surface area contributed by atoms with Crippen LogP contribution in [0.15, 0.2) is 40.9 Å². The summed E-state index contributed by atoms with van der Waals surface area (Å²) in [5, 5.41) is 3.92. The lowest BCUT2D eigenvalue weighted by molar-refractivity contribution is 0.0537. The second kappa shape index (κ2) is 4.62. The van der Waals surface area contributed by atoms with E-state index in [-0.39, 0.29) is 17.6 Å². The normalized spacial score (nSPS) is 14.8. The smallest absolute Gasteiger partial charge is 0.292 e. The SMILES string of the molecule is C#CC1CN(C(=O)c2cc(-c3ccccc3)no2)C1. The van der Waals surface area contributed by atoms with Gasteiger partial charge in [0.25, 0.3) is 5.91 Å². The third-order valence-electron chi connectivity index (χ3n) is 3.19. The molecule has 0 spiro atoms. The maximum Gasteiger partial charge on any atom is 0.292 e. The molecule has 4 heteroatoms. The van der Waals surface area contributed by atoms with Crippen molar-refractivity contribution in [1.82, 2.24) is 10.1 Å². The highest BCUT2D eigenvalue weighted by atomic mass is 16.5. The summed E-state index contributed by atoms with van der Waals surface area (Å²) in [6, 6.07) is 11.3. The first-order valence-corrected chi connectivity index (χ1v) is 6.05. The predicted octanol–water partition coefficient (Wildman–Crippen LogP) is 2.05. The number of hydrogen-bond acceptors (Lipinski definition) is 3. The van der Waals surface area contributed by atoms with Gasteiger partial charge >= 0.3 is 0 Å². The van der Waals surface area contributed by atoms with Gasteiger partial charge in [-0.15, -0.1) is 6.42 Å². The monoisotopic (exact) mass is 252 g/mol. The first kappa shape index (κ1) is 11.5. The number of likely N-dealkylation sites (tertiary alicyclic amines) is 1. The average Bonchev–Trinajstić information content (AvgIpc) is 2.88. The Morgan fingerprint density at radius 3 is 2.79 bits per heavy atom. The second-order valence-electron chi connectivity index (χ2n) is 4.52. The van der Waals surface area contributed by atoms with Gasteiger partial charge in [0.15, 0.2) is 0 Å². The third-order valence-corrected chi connectivity index (χ3v) is 3.19. The number of terminal acetylenes is 1. The number of nitrogens with zero attached hydrogens (tertiary/aromatic N) is 2. The summed E-state index contributed by atoms with van der Waals surface area (Å²) in [5.41, 5.74) is 1.59. The lowest BCUT2D eigenvalue weighted by Crippen LogP contribution is -2.49. The molecule has 0 aliphatic carbocycles. The number of hydrogen-bond donors (Lipinski definition) is 0. The zero-order chi connectivity index (χ0) is 13.2. The molecule has 2 aromatic rings. The zero-order valence-electron chi connectivity index (χ0n) is 10.2. The van der Waals surface area contributed by atoms with Crippen molar-refractivity contribution in [3.05, 3.63) is 42.2 Å². The van der Waals surface area contributed by atoms with Gasteiger partial charge in [-0.2, -0.15) is 0 Å². The van der Waals surface area contributed by atoms with Gasteiger partial charge in [0.05, 0.1) is 5.92 Å². The summed E-state index contributed by atoms with van der Waals surface area (Å²) in [6.45, 7) is 1.19. The summed E-state index contributed by atoms with van der Waals surface area (Å²) in [6.07, 6.45) is 5.29. The van der Waals surface area contributed by atoms with Crippen molar-refractivity contribution in [3.63, 3.8) is 0 Å². The van der Waals surface area contributed by atoms with E-state index >= 15 is 0 Å². The molecule has 1 aliphatic rings. The Labute approximate surface area is 111 Å². The lowest BCUT2D eigenvalue weighted by Gasteiger charge is -2.35. The number of benzene rings is 1. The van der Waals surface area contributed by atoms with Crippen LogP contribution >= 0.6 is 0 Å². The van der Waals surface area contributed by atoms with Crippen LogP contribution in [0.4, 0.5) is 0 Å². The van der Waals surface area contributed by atoms with Crippen LogP contribution in [0.25, 0.3) is 11.3 Å². The number of rotatable bonds is 2. The molecule has 1 aromatic heterocycles. The number of amides is 1. The van der Waals surface area contributed by atoms with E-state index in [1.807, 2.05) is 30.3 Å². The molecule has 3 rings (SSSR count). The Kier molecular flexibility index (Phi) is 2.81. The maximum absolute atomic E-state index is 12.1. The Morgan fingerprint density at radius 1 is 1.37 bits per heavy atom. The minimum atomic E-state index is -0.152. The van der Waals surface area contributed by atoms with Crippen molar-refractivity contribution in [2.24, 2.45) is 5.92 Å². The molecule has 0 atom stereocenters. The molecule has 0 bridgehead atoms. The van der Waals surface area contributed by atoms with Crippen LogP contribution in [-0.2, 0) is 0 Å². The number of carbonyl (C=O) groups excluding carboxylic acids is 1. The van der Waals surface area contributed by atoms with E-state index in [1.54, 1.807) is 11.0 Å². The van der Waals surface area contributed by atoms with Gasteiger partial charge in [-0.25, -0.2) is 0 Å². The van der Waals surface area contributed by atoms with Gasteiger partial charge in [0, 0.05) is 24.7 Å². The molecule has 19 heavy (non-hydrogen) atoms. The van der Waals surface area contributed by atoms with Crippen LogP contribution in [0.5, 0.6) is 0 Å². The van der Waals surface area contributed by atoms with Gasteiger partial charge in [0.2, 0.25) is 5.76 Å². The molecule has 0 radical (unpaired) electrons. The van der Waals surface area contributed by atoms with Crippen LogP contribution in [0.2, 0.25) is 0 Å². The maximum atomic E-state index is 12.1. The fraction of sp³-hybridized carbons (Fsp3) is 0.200. The van der Waals surface area contributed by atoms with E-state index in [0.717, 1.165) is 5.56 Å². The van der Waals surface area contributed by atoms with E-state index in [4.69, 9.17) is 10.9 Å². The molecule has 94 valence electrons. The fourth-order valence-corrected chi connectivity index (χ4v) is 2.03. The second-order valence-corrected chi connectivity index (χ2v) is 4.52. The van der Waals surface area contributed by atoms with Crippen LogP contribution in [0, 0.1) is 18.3 Å². The standard InChI is InChI=1S/C15H12N2O2/c1-2-11-9-17(10-11)15(18)14-8-13(16-19-14)12-6-4-3-5-7-12/h1,3-8,11H,9-10H2. The highest BCUT2D eigenvalue weighted by molar-refractivity contribution is 5.93. The summed E-state index contributed by atoms with van der Waals surface area (Å²) in [7, 11) is 0. The average molecular weight is 252 g/mol. The van der Waals surface area contributed by atoms with Gasteiger partial charge in [-0.1, -0.05) is 41.4 Å². The molecule has 0 unspecified atom stereocenters. The van der Waals surface area contributed by atoms with E-state index in [9.17, 15) is 4.79 Å². The van der Waals surface area contributed by atoms with Crippen molar-refractivity contribution < 1.29 is 9.32 Å². The summed E-state index contributed by atoms with van der Waals surface area (Å²) < 4.78 is 5.11. The number of aromatic nitrogens is 1. The Bertz CT molecular complexity index is 634. The molecule has 2 heterocycles. The zero-order valence-corrected chi connectivity index (χ0v) is 10.2. The molecule has 1 aliphatic heterocycles. The third kappa shape index (κ3) is 2.11. The highest BCUT2D eigenvalue weighted by Crippen LogP contribution is 2.22. The molecular weight excluding hydrogens is 240 g/mol. The molecule has 1 fully saturated rings. The minimum Gasteiger partial charge on any atom is -0.350 e. The summed E-state index contributed by atoms with van der Waals surface area (Å²) in [4.78, 5) is 13.7. The fourth-order valence-electron chi connectivity index (χ4n) is 2.03. The first-order chi connectivity index (χ1) is 9.28. The largest absolute Gasteiger partial charge is 0.350 e. The van der Waals surface area contributed by atoms with E-state index < -0.39 is 0 Å². The van der Waals surface area contributed by atoms with Crippen molar-refractivity contribution in [1.29, 1.82) is 0 Å². The molecular formula is C15H12N2O2. The Balaban J connectivity index is 1.76. The molecule has 1 aromatic carbocycles. The van der Waals surface area contributed by atoms with Crippen molar-refractivity contribution in [3.8, 4) is 23.6 Å². The van der Waals surface area contributed by atoms with Gasteiger partial charge in [-0.05, 0) is 0 Å². The highest BCUT2D eigenvalue weighted by Gasteiger charge is 2.31. The van der Waals surface area contributed by atoms with Crippen LogP contribution < -0.4 is 0 Å². The van der Waals surface area contributed by atoms with Gasteiger partial charge in [0.1, 0.15) is 5.69 Å². The van der Waals surface area contributed by atoms with Crippen LogP contribution in [-0.4, -0.2) is 29.1 Å². The molecule has 0 N–H and O–H groups in total. The molecule has 1 amide bonds. The van der Waals surface area contributed by atoms with E-state index in [2.05, 4.69) is 11.1 Å². The van der Waals surface area contributed by atoms with Crippen molar-refractivity contribution in [2.45, 2.75) is 0 Å².